The number of nitrogens with one attached hydrogen (secondary N) is 1. The quantitative estimate of drug-likeness (QED) is 0.787. The van der Waals surface area contributed by atoms with E-state index in [9.17, 15) is 0 Å². The van der Waals surface area contributed by atoms with Crippen LogP contribution in [0.25, 0.3) is 5.69 Å². The highest BCUT2D eigenvalue weighted by Crippen LogP contribution is 2.16. The first-order valence-corrected chi connectivity index (χ1v) is 6.57. The second-order valence-electron chi connectivity index (χ2n) is 4.62. The Bertz CT molecular complexity index is 674. The van der Waals surface area contributed by atoms with Crippen molar-refractivity contribution in [1.82, 2.24) is 14.5 Å². The summed E-state index contributed by atoms with van der Waals surface area (Å²) in [5, 5.41) is 3.37. The van der Waals surface area contributed by atoms with E-state index >= 15 is 0 Å². The molecule has 0 spiro atoms. The van der Waals surface area contributed by atoms with Gasteiger partial charge in [0.2, 0.25) is 5.95 Å². The Morgan fingerprint density at radius 1 is 1.05 bits per heavy atom. The molecule has 4 heteroatoms. The van der Waals surface area contributed by atoms with Crippen LogP contribution in [0.5, 0.6) is 0 Å². The number of hydrogen-bond donors (Lipinski definition) is 1. The van der Waals surface area contributed by atoms with Gasteiger partial charge in [0, 0.05) is 30.8 Å². The van der Waals surface area contributed by atoms with Gasteiger partial charge in [-0.1, -0.05) is 18.2 Å². The van der Waals surface area contributed by atoms with Gasteiger partial charge in [-0.15, -0.1) is 0 Å². The summed E-state index contributed by atoms with van der Waals surface area (Å²) in [6.07, 6.45) is 5.63. The van der Waals surface area contributed by atoms with Crippen LogP contribution in [0.4, 0.5) is 5.95 Å². The fourth-order valence-corrected chi connectivity index (χ4v) is 2.09. The van der Waals surface area contributed by atoms with Gasteiger partial charge in [-0.3, -0.25) is 9.55 Å². The van der Waals surface area contributed by atoms with E-state index in [-0.39, 0.29) is 0 Å². The normalized spacial score (nSPS) is 10.4. The summed E-state index contributed by atoms with van der Waals surface area (Å²) in [5.74, 6) is 0.852. The van der Waals surface area contributed by atoms with Crippen molar-refractivity contribution in [2.24, 2.45) is 0 Å². The van der Waals surface area contributed by atoms with Crippen LogP contribution in [-0.2, 0) is 6.54 Å². The van der Waals surface area contributed by atoms with Crippen molar-refractivity contribution in [3.8, 4) is 5.69 Å². The number of rotatable bonds is 4. The molecule has 4 nitrogen and oxygen atoms in total. The van der Waals surface area contributed by atoms with Crippen molar-refractivity contribution in [3.05, 3.63) is 72.3 Å². The minimum atomic E-state index is 0.728. The molecule has 1 aromatic carbocycles. The summed E-state index contributed by atoms with van der Waals surface area (Å²) < 4.78 is 2.07. The fourth-order valence-electron chi connectivity index (χ4n) is 2.09. The molecule has 0 bridgehead atoms. The molecule has 1 N–H and O–H groups in total. The highest BCUT2D eigenvalue weighted by atomic mass is 15.2. The maximum atomic E-state index is 4.54. The van der Waals surface area contributed by atoms with Gasteiger partial charge in [0.05, 0.1) is 5.69 Å². The van der Waals surface area contributed by atoms with E-state index in [0.29, 0.717) is 0 Å². The molecular weight excluding hydrogens is 248 g/mol. The van der Waals surface area contributed by atoms with Crippen LogP contribution in [0.15, 0.2) is 61.1 Å². The maximum Gasteiger partial charge on any atom is 0.208 e. The van der Waals surface area contributed by atoms with Crippen LogP contribution in [-0.4, -0.2) is 14.5 Å². The predicted octanol–water partition coefficient (Wildman–Crippen LogP) is 3.19. The molecule has 0 saturated heterocycles. The lowest BCUT2D eigenvalue weighted by Gasteiger charge is -2.09. The number of anilines is 1. The van der Waals surface area contributed by atoms with E-state index in [0.717, 1.165) is 23.9 Å². The van der Waals surface area contributed by atoms with Gasteiger partial charge in [0.1, 0.15) is 0 Å². The average molecular weight is 264 g/mol. The minimum absolute atomic E-state index is 0.728. The van der Waals surface area contributed by atoms with Crippen molar-refractivity contribution in [2.75, 3.05) is 5.32 Å². The molecule has 2 aromatic heterocycles. The number of hydrogen-bond acceptors (Lipinski definition) is 3. The molecule has 3 aromatic rings. The van der Waals surface area contributed by atoms with Crippen molar-refractivity contribution in [1.29, 1.82) is 0 Å². The van der Waals surface area contributed by atoms with Crippen LogP contribution >= 0.6 is 0 Å². The van der Waals surface area contributed by atoms with Crippen LogP contribution < -0.4 is 5.32 Å². The van der Waals surface area contributed by atoms with Crippen LogP contribution in [0.2, 0.25) is 0 Å². The van der Waals surface area contributed by atoms with Gasteiger partial charge in [0.25, 0.3) is 0 Å². The zero-order chi connectivity index (χ0) is 13.8. The van der Waals surface area contributed by atoms with Crippen molar-refractivity contribution in [3.63, 3.8) is 0 Å². The SMILES string of the molecule is Cc1cn(-c2ccccc2)c(NCc2ccncc2)n1. The summed E-state index contributed by atoms with van der Waals surface area (Å²) in [6.45, 7) is 2.73. The second kappa shape index (κ2) is 5.57. The van der Waals surface area contributed by atoms with Gasteiger partial charge in [0.15, 0.2) is 0 Å². The molecule has 100 valence electrons. The van der Waals surface area contributed by atoms with Gasteiger partial charge >= 0.3 is 0 Å². The molecule has 0 radical (unpaired) electrons. The first-order valence-electron chi connectivity index (χ1n) is 6.57. The zero-order valence-electron chi connectivity index (χ0n) is 11.3. The molecular formula is C16H16N4. The van der Waals surface area contributed by atoms with E-state index in [1.807, 2.05) is 43.5 Å². The predicted molar refractivity (Wildman–Crippen MR) is 79.9 cm³/mol. The lowest BCUT2D eigenvalue weighted by Crippen LogP contribution is -2.06. The van der Waals surface area contributed by atoms with Gasteiger partial charge < -0.3 is 5.32 Å². The highest BCUT2D eigenvalue weighted by Gasteiger charge is 2.06. The van der Waals surface area contributed by atoms with Crippen LogP contribution in [0.1, 0.15) is 11.3 Å². The van der Waals surface area contributed by atoms with E-state index in [2.05, 4.69) is 32.0 Å². The maximum absolute atomic E-state index is 4.54. The Labute approximate surface area is 118 Å². The summed E-state index contributed by atoms with van der Waals surface area (Å²) >= 11 is 0. The number of benzene rings is 1. The largest absolute Gasteiger partial charge is 0.351 e. The zero-order valence-corrected chi connectivity index (χ0v) is 11.3. The number of pyridine rings is 1. The van der Waals surface area contributed by atoms with E-state index in [4.69, 9.17) is 0 Å². The van der Waals surface area contributed by atoms with Crippen molar-refractivity contribution >= 4 is 5.95 Å². The molecule has 0 fully saturated rings. The summed E-state index contributed by atoms with van der Waals surface area (Å²) in [7, 11) is 0. The van der Waals surface area contributed by atoms with Gasteiger partial charge in [-0.05, 0) is 36.8 Å². The molecule has 0 amide bonds. The van der Waals surface area contributed by atoms with Crippen LogP contribution in [0, 0.1) is 6.92 Å². The summed E-state index contributed by atoms with van der Waals surface area (Å²) in [4.78, 5) is 8.56. The fraction of sp³-hybridized carbons (Fsp3) is 0.125. The molecule has 0 atom stereocenters. The second-order valence-corrected chi connectivity index (χ2v) is 4.62. The number of nitrogens with zero attached hydrogens (tertiary/aromatic N) is 3. The van der Waals surface area contributed by atoms with Gasteiger partial charge in [-0.2, -0.15) is 0 Å². The molecule has 0 unspecified atom stereocenters. The number of aromatic nitrogens is 3. The van der Waals surface area contributed by atoms with E-state index < -0.39 is 0 Å². The Kier molecular flexibility index (Phi) is 3.46. The highest BCUT2D eigenvalue weighted by molar-refractivity contribution is 5.43. The van der Waals surface area contributed by atoms with Gasteiger partial charge in [-0.25, -0.2) is 4.98 Å². The molecule has 0 aliphatic rings. The lowest BCUT2D eigenvalue weighted by atomic mass is 10.3. The molecule has 0 aliphatic carbocycles. The number of imidazole rings is 1. The molecule has 3 rings (SSSR count). The lowest BCUT2D eigenvalue weighted by molar-refractivity contribution is 1.00. The summed E-state index contributed by atoms with van der Waals surface area (Å²) in [5.41, 5.74) is 3.27. The monoisotopic (exact) mass is 264 g/mol. The Balaban J connectivity index is 1.84. The Hall–Kier alpha value is -2.62. The third-order valence-corrected chi connectivity index (χ3v) is 3.06. The molecule has 0 aliphatic heterocycles. The first kappa shape index (κ1) is 12.4. The number of aryl methyl sites for hydroxylation is 1. The van der Waals surface area contributed by atoms with Crippen molar-refractivity contribution in [2.45, 2.75) is 13.5 Å². The molecule has 20 heavy (non-hydrogen) atoms. The summed E-state index contributed by atoms with van der Waals surface area (Å²) in [6, 6.07) is 14.2. The Morgan fingerprint density at radius 2 is 1.80 bits per heavy atom. The third kappa shape index (κ3) is 2.69. The molecule has 0 saturated carbocycles. The molecule has 2 heterocycles. The van der Waals surface area contributed by atoms with E-state index in [1.54, 1.807) is 12.4 Å². The minimum Gasteiger partial charge on any atom is -0.351 e. The van der Waals surface area contributed by atoms with Crippen molar-refractivity contribution < 1.29 is 0 Å². The third-order valence-electron chi connectivity index (χ3n) is 3.06. The van der Waals surface area contributed by atoms with Crippen LogP contribution in [0.3, 0.4) is 0 Å². The first-order chi connectivity index (χ1) is 9.83. The standard InChI is InChI=1S/C16H16N4/c1-13-12-20(15-5-3-2-4-6-15)16(19-13)18-11-14-7-9-17-10-8-14/h2-10,12H,11H2,1H3,(H,18,19). The average Bonchev–Trinajstić information content (AvgIpc) is 2.88. The number of para-hydroxylation sites is 1. The van der Waals surface area contributed by atoms with E-state index in [1.165, 1.54) is 5.56 Å². The topological polar surface area (TPSA) is 42.7 Å². The smallest absolute Gasteiger partial charge is 0.208 e. The Morgan fingerprint density at radius 3 is 2.55 bits per heavy atom.